The average molecular weight is 538 g/mol. The minimum atomic E-state index is -0.228. The number of guanidine groups is 1. The SMILES string of the molecule is CN=C(NCCc1ccc(-n2cccn2)cc1)N1CCN(C(=O)C2CCCO2)CC1.I. The van der Waals surface area contributed by atoms with Crippen molar-refractivity contribution in [3.8, 4) is 5.69 Å². The van der Waals surface area contributed by atoms with E-state index in [2.05, 4.69) is 44.6 Å². The quantitative estimate of drug-likeness (QED) is 0.358. The fourth-order valence-corrected chi connectivity index (χ4v) is 4.00. The van der Waals surface area contributed by atoms with Gasteiger partial charge in [-0.15, -0.1) is 24.0 Å². The third-order valence-electron chi connectivity index (χ3n) is 5.71. The Kier molecular flexibility index (Phi) is 8.70. The molecule has 8 nitrogen and oxygen atoms in total. The first-order chi connectivity index (χ1) is 14.7. The second kappa shape index (κ2) is 11.5. The van der Waals surface area contributed by atoms with Crippen molar-refractivity contribution in [1.29, 1.82) is 0 Å². The molecule has 1 amide bonds. The second-order valence-corrected chi connectivity index (χ2v) is 7.66. The lowest BCUT2D eigenvalue weighted by Gasteiger charge is -2.37. The van der Waals surface area contributed by atoms with Gasteiger partial charge in [0.05, 0.1) is 5.69 Å². The van der Waals surface area contributed by atoms with Crippen LogP contribution in [0.4, 0.5) is 0 Å². The predicted molar refractivity (Wildman–Crippen MR) is 131 cm³/mol. The normalized spacial score (nSPS) is 19.3. The molecule has 2 fully saturated rings. The van der Waals surface area contributed by atoms with Crippen LogP contribution in [0, 0.1) is 0 Å². The molecule has 2 aliphatic heterocycles. The van der Waals surface area contributed by atoms with Crippen LogP contribution in [0.2, 0.25) is 0 Å². The molecule has 1 unspecified atom stereocenters. The third-order valence-corrected chi connectivity index (χ3v) is 5.71. The Morgan fingerprint density at radius 2 is 1.94 bits per heavy atom. The first-order valence-electron chi connectivity index (χ1n) is 10.7. The van der Waals surface area contributed by atoms with Crippen LogP contribution in [0.15, 0.2) is 47.7 Å². The van der Waals surface area contributed by atoms with Crippen LogP contribution in [0.25, 0.3) is 5.69 Å². The van der Waals surface area contributed by atoms with Gasteiger partial charge in [0, 0.05) is 58.8 Å². The summed E-state index contributed by atoms with van der Waals surface area (Å²) in [5, 5.41) is 7.71. The fourth-order valence-electron chi connectivity index (χ4n) is 4.00. The maximum atomic E-state index is 12.5. The van der Waals surface area contributed by atoms with Crippen molar-refractivity contribution in [1.82, 2.24) is 24.9 Å². The van der Waals surface area contributed by atoms with Crippen LogP contribution < -0.4 is 5.32 Å². The van der Waals surface area contributed by atoms with Crippen molar-refractivity contribution in [2.45, 2.75) is 25.4 Å². The van der Waals surface area contributed by atoms with Gasteiger partial charge in [-0.1, -0.05) is 12.1 Å². The van der Waals surface area contributed by atoms with E-state index in [1.165, 1.54) is 5.56 Å². The Labute approximate surface area is 200 Å². The van der Waals surface area contributed by atoms with Gasteiger partial charge in [-0.05, 0) is 43.0 Å². The standard InChI is InChI=1S/C22H30N6O2.HI/c1-23-22(27-15-13-26(14-16-27)21(29)20-4-2-17-30-20)24-11-9-18-5-7-19(8-6-18)28-12-3-10-25-28;/h3,5-8,10,12,20H,2,4,9,11,13-17H2,1H3,(H,23,24);1H. The predicted octanol–water partition coefficient (Wildman–Crippen LogP) is 1.93. The smallest absolute Gasteiger partial charge is 0.251 e. The number of piperazine rings is 1. The first kappa shape index (κ1) is 23.5. The molecule has 1 N–H and O–H groups in total. The highest BCUT2D eigenvalue weighted by Crippen LogP contribution is 2.16. The zero-order valence-electron chi connectivity index (χ0n) is 17.9. The zero-order valence-corrected chi connectivity index (χ0v) is 20.3. The minimum absolute atomic E-state index is 0. The number of benzene rings is 1. The summed E-state index contributed by atoms with van der Waals surface area (Å²) in [4.78, 5) is 21.1. The van der Waals surface area contributed by atoms with Crippen LogP contribution in [-0.4, -0.2) is 83.9 Å². The largest absolute Gasteiger partial charge is 0.368 e. The highest BCUT2D eigenvalue weighted by molar-refractivity contribution is 14.0. The number of nitrogens with zero attached hydrogens (tertiary/aromatic N) is 5. The van der Waals surface area contributed by atoms with Gasteiger partial charge in [0.15, 0.2) is 5.96 Å². The Bertz CT molecular complexity index is 841. The van der Waals surface area contributed by atoms with Gasteiger partial charge >= 0.3 is 0 Å². The summed E-state index contributed by atoms with van der Waals surface area (Å²) in [7, 11) is 1.81. The van der Waals surface area contributed by atoms with Crippen LogP contribution >= 0.6 is 24.0 Å². The number of nitrogens with one attached hydrogen (secondary N) is 1. The van der Waals surface area contributed by atoms with Crippen molar-refractivity contribution in [3.05, 3.63) is 48.3 Å². The number of carbonyl (C=O) groups excluding carboxylic acids is 1. The van der Waals surface area contributed by atoms with Crippen molar-refractivity contribution >= 4 is 35.8 Å². The summed E-state index contributed by atoms with van der Waals surface area (Å²) >= 11 is 0. The van der Waals surface area contributed by atoms with Crippen molar-refractivity contribution in [3.63, 3.8) is 0 Å². The number of hydrogen-bond donors (Lipinski definition) is 1. The molecule has 3 heterocycles. The van der Waals surface area contributed by atoms with Crippen molar-refractivity contribution in [2.75, 3.05) is 46.4 Å². The number of aromatic nitrogens is 2. The third kappa shape index (κ3) is 5.97. The summed E-state index contributed by atoms with van der Waals surface area (Å²) in [5.41, 5.74) is 2.32. The Morgan fingerprint density at radius 1 is 1.19 bits per heavy atom. The lowest BCUT2D eigenvalue weighted by Crippen LogP contribution is -2.55. The highest BCUT2D eigenvalue weighted by atomic mass is 127. The summed E-state index contributed by atoms with van der Waals surface area (Å²) < 4.78 is 7.40. The van der Waals surface area contributed by atoms with E-state index in [-0.39, 0.29) is 36.0 Å². The summed E-state index contributed by atoms with van der Waals surface area (Å²) in [6.45, 7) is 4.53. The van der Waals surface area contributed by atoms with Gasteiger partial charge < -0.3 is 19.9 Å². The van der Waals surface area contributed by atoms with Crippen molar-refractivity contribution < 1.29 is 9.53 Å². The average Bonchev–Trinajstić information content (AvgIpc) is 3.52. The van der Waals surface area contributed by atoms with E-state index in [4.69, 9.17) is 4.74 Å². The molecule has 0 spiro atoms. The van der Waals surface area contributed by atoms with E-state index in [1.807, 2.05) is 28.9 Å². The Balaban J connectivity index is 0.00000272. The number of halogens is 1. The zero-order chi connectivity index (χ0) is 20.8. The number of hydrogen-bond acceptors (Lipinski definition) is 4. The molecule has 9 heteroatoms. The maximum Gasteiger partial charge on any atom is 0.251 e. The molecule has 2 aromatic rings. The number of carbonyl (C=O) groups is 1. The minimum Gasteiger partial charge on any atom is -0.368 e. The first-order valence-corrected chi connectivity index (χ1v) is 10.7. The van der Waals surface area contributed by atoms with E-state index in [1.54, 1.807) is 6.20 Å². The highest BCUT2D eigenvalue weighted by Gasteiger charge is 2.30. The van der Waals surface area contributed by atoms with Gasteiger partial charge in [-0.25, -0.2) is 4.68 Å². The molecule has 0 bridgehead atoms. The summed E-state index contributed by atoms with van der Waals surface area (Å²) in [6.07, 6.45) is 6.24. The van der Waals surface area contributed by atoms with E-state index >= 15 is 0 Å². The molecule has 2 aliphatic rings. The van der Waals surface area contributed by atoms with Crippen LogP contribution in [0.1, 0.15) is 18.4 Å². The molecular formula is C22H31IN6O2. The van der Waals surface area contributed by atoms with Gasteiger partial charge in [0.1, 0.15) is 6.10 Å². The number of rotatable bonds is 5. The number of aliphatic imine (C=N–C) groups is 1. The van der Waals surface area contributed by atoms with E-state index in [0.29, 0.717) is 19.7 Å². The molecule has 1 aromatic heterocycles. The molecular weight excluding hydrogens is 507 g/mol. The van der Waals surface area contributed by atoms with Gasteiger partial charge in [-0.2, -0.15) is 5.10 Å². The van der Waals surface area contributed by atoms with Gasteiger partial charge in [0.2, 0.25) is 0 Å². The molecule has 1 aromatic carbocycles. The van der Waals surface area contributed by atoms with Crippen LogP contribution in [0.5, 0.6) is 0 Å². The molecule has 4 rings (SSSR count). The van der Waals surface area contributed by atoms with E-state index < -0.39 is 0 Å². The molecule has 2 saturated heterocycles. The molecule has 1 atom stereocenters. The molecule has 0 aliphatic carbocycles. The van der Waals surface area contributed by atoms with E-state index in [0.717, 1.165) is 50.5 Å². The molecule has 31 heavy (non-hydrogen) atoms. The molecule has 0 saturated carbocycles. The lowest BCUT2D eigenvalue weighted by atomic mass is 10.1. The molecule has 0 radical (unpaired) electrons. The van der Waals surface area contributed by atoms with Crippen LogP contribution in [-0.2, 0) is 16.0 Å². The van der Waals surface area contributed by atoms with Crippen molar-refractivity contribution in [2.24, 2.45) is 4.99 Å². The Hall–Kier alpha value is -2.14. The Morgan fingerprint density at radius 3 is 2.55 bits per heavy atom. The maximum absolute atomic E-state index is 12.5. The van der Waals surface area contributed by atoms with Gasteiger partial charge in [-0.3, -0.25) is 9.79 Å². The summed E-state index contributed by atoms with van der Waals surface area (Å²) in [5.74, 6) is 1.04. The fraction of sp³-hybridized carbons (Fsp3) is 0.500. The van der Waals surface area contributed by atoms with E-state index in [9.17, 15) is 4.79 Å². The lowest BCUT2D eigenvalue weighted by molar-refractivity contribution is -0.142. The number of ether oxygens (including phenoxy) is 1. The summed E-state index contributed by atoms with van der Waals surface area (Å²) in [6, 6.07) is 10.4. The van der Waals surface area contributed by atoms with Crippen LogP contribution in [0.3, 0.4) is 0 Å². The monoisotopic (exact) mass is 538 g/mol. The molecule has 168 valence electrons. The topological polar surface area (TPSA) is 75.0 Å². The number of amides is 1. The second-order valence-electron chi connectivity index (χ2n) is 7.66. The van der Waals surface area contributed by atoms with Gasteiger partial charge in [0.25, 0.3) is 5.91 Å².